The van der Waals surface area contributed by atoms with E-state index in [0.29, 0.717) is 5.69 Å². The fourth-order valence-corrected chi connectivity index (χ4v) is 1.66. The van der Waals surface area contributed by atoms with Crippen LogP contribution in [0.25, 0.3) is 0 Å². The molecule has 0 aliphatic carbocycles. The van der Waals surface area contributed by atoms with Crippen molar-refractivity contribution >= 4 is 23.8 Å². The third-order valence-corrected chi connectivity index (χ3v) is 2.77. The molecule has 1 rings (SSSR count). The number of aromatic hydroxyl groups is 1. The minimum atomic E-state index is 0.174. The van der Waals surface area contributed by atoms with Gasteiger partial charge in [-0.2, -0.15) is 5.10 Å². The summed E-state index contributed by atoms with van der Waals surface area (Å²) in [6.07, 6.45) is 9.15. The summed E-state index contributed by atoms with van der Waals surface area (Å²) in [5.41, 5.74) is 2.40. The first kappa shape index (κ1) is 16.5. The quantitative estimate of drug-likeness (QED) is 0.480. The smallest absolute Gasteiger partial charge is 0.142 e. The van der Waals surface area contributed by atoms with E-state index >= 15 is 0 Å². The molecule has 1 aromatic carbocycles. The highest BCUT2D eigenvalue weighted by atomic mass is 16.3. The van der Waals surface area contributed by atoms with E-state index in [9.17, 15) is 5.11 Å². The summed E-state index contributed by atoms with van der Waals surface area (Å²) in [4.78, 5) is 3.92. The molecule has 0 saturated carbocycles. The Morgan fingerprint density at radius 2 is 2.14 bits per heavy atom. The molecule has 112 valence electrons. The molecule has 0 bridgehead atoms. The van der Waals surface area contributed by atoms with Crippen LogP contribution < -0.4 is 10.3 Å². The Morgan fingerprint density at radius 1 is 1.38 bits per heavy atom. The Balaban J connectivity index is 2.93. The molecule has 0 spiro atoms. The molecule has 0 unspecified atom stereocenters. The van der Waals surface area contributed by atoms with Gasteiger partial charge in [0, 0.05) is 39.1 Å². The van der Waals surface area contributed by atoms with Gasteiger partial charge in [-0.05, 0) is 30.7 Å². The van der Waals surface area contributed by atoms with Crippen LogP contribution in [0.15, 0.2) is 52.1 Å². The van der Waals surface area contributed by atoms with Crippen molar-refractivity contribution in [3.8, 4) is 5.75 Å². The Hall–Kier alpha value is -2.56. The largest absolute Gasteiger partial charge is 0.506 e. The number of hydrazone groups is 1. The van der Waals surface area contributed by atoms with E-state index in [-0.39, 0.29) is 5.75 Å². The molecule has 0 radical (unpaired) electrons. The molecular weight excluding hydrogens is 264 g/mol. The highest BCUT2D eigenvalue weighted by Gasteiger charge is 2.05. The van der Waals surface area contributed by atoms with Crippen LogP contribution in [0, 0.1) is 0 Å². The molecule has 0 atom stereocenters. The minimum Gasteiger partial charge on any atom is -0.506 e. The highest BCUT2D eigenvalue weighted by molar-refractivity contribution is 5.90. The lowest BCUT2D eigenvalue weighted by Gasteiger charge is -2.15. The van der Waals surface area contributed by atoms with Gasteiger partial charge in [-0.15, -0.1) is 0 Å². The van der Waals surface area contributed by atoms with Gasteiger partial charge in [0.05, 0.1) is 6.21 Å². The maximum absolute atomic E-state index is 10.00. The molecule has 5 heteroatoms. The molecule has 5 nitrogen and oxygen atoms in total. The van der Waals surface area contributed by atoms with Crippen LogP contribution in [-0.4, -0.2) is 38.7 Å². The van der Waals surface area contributed by atoms with Crippen LogP contribution in [0.3, 0.4) is 0 Å². The van der Waals surface area contributed by atoms with Crippen LogP contribution in [0.5, 0.6) is 5.75 Å². The van der Waals surface area contributed by atoms with E-state index < -0.39 is 0 Å². The Morgan fingerprint density at radius 3 is 2.71 bits per heavy atom. The summed E-state index contributed by atoms with van der Waals surface area (Å²) in [6.45, 7) is 1.94. The van der Waals surface area contributed by atoms with Gasteiger partial charge in [-0.1, -0.05) is 12.2 Å². The van der Waals surface area contributed by atoms with E-state index in [0.717, 1.165) is 11.3 Å². The second kappa shape index (κ2) is 8.58. The first-order valence-corrected chi connectivity index (χ1v) is 6.66. The first-order valence-electron chi connectivity index (χ1n) is 6.66. The van der Waals surface area contributed by atoms with Crippen LogP contribution in [0.2, 0.25) is 0 Å². The van der Waals surface area contributed by atoms with Crippen molar-refractivity contribution in [3.63, 3.8) is 0 Å². The molecule has 1 aromatic rings. The summed E-state index contributed by atoms with van der Waals surface area (Å²) in [7, 11) is 5.31. The van der Waals surface area contributed by atoms with Crippen molar-refractivity contribution < 1.29 is 5.11 Å². The van der Waals surface area contributed by atoms with Gasteiger partial charge in [0.1, 0.15) is 11.4 Å². The van der Waals surface area contributed by atoms with Gasteiger partial charge in [0.15, 0.2) is 0 Å². The van der Waals surface area contributed by atoms with E-state index in [1.165, 1.54) is 0 Å². The van der Waals surface area contributed by atoms with Gasteiger partial charge in [-0.25, -0.2) is 0 Å². The number of rotatable bonds is 6. The summed E-state index contributed by atoms with van der Waals surface area (Å²) in [5.74, 6) is 0.174. The predicted octanol–water partition coefficient (Wildman–Crippen LogP) is 3.06. The maximum Gasteiger partial charge on any atom is 0.142 e. The second-order valence-corrected chi connectivity index (χ2v) is 4.30. The fourth-order valence-electron chi connectivity index (χ4n) is 1.66. The maximum atomic E-state index is 10.00. The molecule has 0 saturated heterocycles. The normalized spacial score (nSPS) is 12.7. The number of nitrogens with one attached hydrogen (secondary N) is 1. The molecule has 21 heavy (non-hydrogen) atoms. The van der Waals surface area contributed by atoms with E-state index in [1.807, 2.05) is 37.3 Å². The highest BCUT2D eigenvalue weighted by Crippen LogP contribution is 2.29. The van der Waals surface area contributed by atoms with Crippen LogP contribution >= 0.6 is 0 Å². The number of phenols is 1. The van der Waals surface area contributed by atoms with E-state index in [4.69, 9.17) is 0 Å². The molecule has 0 aliphatic rings. The molecule has 0 heterocycles. The number of aliphatic imine (C=N–C) groups is 1. The van der Waals surface area contributed by atoms with Crippen molar-refractivity contribution in [1.29, 1.82) is 0 Å². The number of hydrogen-bond donors (Lipinski definition) is 2. The standard InChI is InChI=1S/C16H22N4O/c1-5-6-13(9-10-17-2)12-19-20(4)15-8-7-14(18-3)11-16(15)21/h5-12,18,21H,1-4H3/b6-5-,13-9+,17-10?,19-12+. The van der Waals surface area contributed by atoms with Crippen LogP contribution in [0.1, 0.15) is 6.92 Å². The van der Waals surface area contributed by atoms with Crippen molar-refractivity contribution in [2.45, 2.75) is 6.92 Å². The van der Waals surface area contributed by atoms with Gasteiger partial charge >= 0.3 is 0 Å². The molecule has 2 N–H and O–H groups in total. The first-order chi connectivity index (χ1) is 10.1. The lowest BCUT2D eigenvalue weighted by Crippen LogP contribution is -2.09. The third-order valence-electron chi connectivity index (χ3n) is 2.77. The lowest BCUT2D eigenvalue weighted by atomic mass is 10.2. The van der Waals surface area contributed by atoms with Crippen molar-refractivity contribution in [2.24, 2.45) is 10.1 Å². The number of nitrogens with zero attached hydrogens (tertiary/aromatic N) is 3. The summed E-state index contributed by atoms with van der Waals surface area (Å²) in [6, 6.07) is 5.35. The predicted molar refractivity (Wildman–Crippen MR) is 91.9 cm³/mol. The molecule has 0 fully saturated rings. The van der Waals surface area contributed by atoms with Crippen LogP contribution in [0.4, 0.5) is 11.4 Å². The summed E-state index contributed by atoms with van der Waals surface area (Å²) < 4.78 is 0. The van der Waals surface area contributed by atoms with E-state index in [1.54, 1.807) is 44.6 Å². The van der Waals surface area contributed by atoms with Gasteiger partial charge in [-0.3, -0.25) is 10.0 Å². The zero-order chi connectivity index (χ0) is 15.7. The third kappa shape index (κ3) is 5.14. The lowest BCUT2D eigenvalue weighted by molar-refractivity contribution is 0.475. The SMILES string of the molecule is C\C=C/C(/C=N/N(C)c1ccc(NC)cc1O)=C\C=NC. The van der Waals surface area contributed by atoms with Crippen LogP contribution in [-0.2, 0) is 0 Å². The summed E-state index contributed by atoms with van der Waals surface area (Å²) in [5, 5.41) is 18.9. The van der Waals surface area contributed by atoms with Crippen molar-refractivity contribution in [1.82, 2.24) is 0 Å². The Kier molecular flexibility index (Phi) is 6.74. The number of benzene rings is 1. The monoisotopic (exact) mass is 286 g/mol. The zero-order valence-corrected chi connectivity index (χ0v) is 12.9. The average Bonchev–Trinajstić information content (AvgIpc) is 2.49. The Bertz CT molecular complexity index is 574. The zero-order valence-electron chi connectivity index (χ0n) is 12.9. The number of allylic oxidation sites excluding steroid dienone is 4. The molecule has 0 aliphatic heterocycles. The minimum absolute atomic E-state index is 0.174. The second-order valence-electron chi connectivity index (χ2n) is 4.30. The average molecular weight is 286 g/mol. The van der Waals surface area contributed by atoms with Crippen molar-refractivity contribution in [2.75, 3.05) is 31.5 Å². The van der Waals surface area contributed by atoms with E-state index in [2.05, 4.69) is 15.4 Å². The Labute approximate surface area is 126 Å². The summed E-state index contributed by atoms with van der Waals surface area (Å²) >= 11 is 0. The van der Waals surface area contributed by atoms with Gasteiger partial charge in [0.25, 0.3) is 0 Å². The molecule has 0 aromatic heterocycles. The fraction of sp³-hybridized carbons (Fsp3) is 0.250. The van der Waals surface area contributed by atoms with Gasteiger partial charge in [0.2, 0.25) is 0 Å². The topological polar surface area (TPSA) is 60.2 Å². The number of hydrogen-bond acceptors (Lipinski definition) is 5. The van der Waals surface area contributed by atoms with Gasteiger partial charge < -0.3 is 10.4 Å². The molecular formula is C16H22N4O. The molecule has 0 amide bonds. The van der Waals surface area contributed by atoms with Crippen molar-refractivity contribution in [3.05, 3.63) is 42.0 Å². The number of anilines is 2. The number of phenolic OH excluding ortho intramolecular Hbond substituents is 1.